The van der Waals surface area contributed by atoms with Gasteiger partial charge in [-0.3, -0.25) is 0 Å². The van der Waals surface area contributed by atoms with E-state index in [1.54, 1.807) is 0 Å². The van der Waals surface area contributed by atoms with Crippen LogP contribution in [0.1, 0.15) is 24.3 Å². The first-order valence-corrected chi connectivity index (χ1v) is 5.35. The molecular formula is C10H12BrNO. The maximum absolute atomic E-state index is 5.43. The Morgan fingerprint density at radius 2 is 2.38 bits per heavy atom. The molecule has 0 N–H and O–H groups in total. The van der Waals surface area contributed by atoms with Gasteiger partial charge in [0.2, 0.25) is 0 Å². The van der Waals surface area contributed by atoms with Gasteiger partial charge in [0.05, 0.1) is 6.61 Å². The van der Waals surface area contributed by atoms with Crippen molar-refractivity contribution in [1.29, 1.82) is 0 Å². The second-order valence-electron chi connectivity index (χ2n) is 3.33. The SMILES string of the molecule is Brc1ccc(C2CCCOC2)cn1. The van der Waals surface area contributed by atoms with Gasteiger partial charge < -0.3 is 4.74 Å². The fourth-order valence-corrected chi connectivity index (χ4v) is 1.87. The smallest absolute Gasteiger partial charge is 0.106 e. The van der Waals surface area contributed by atoms with E-state index in [1.807, 2.05) is 12.3 Å². The lowest BCUT2D eigenvalue weighted by Crippen LogP contribution is -2.15. The highest BCUT2D eigenvalue weighted by Gasteiger charge is 2.15. The van der Waals surface area contributed by atoms with Gasteiger partial charge in [0.25, 0.3) is 0 Å². The number of aromatic nitrogens is 1. The third-order valence-electron chi connectivity index (χ3n) is 2.38. The molecule has 0 radical (unpaired) electrons. The van der Waals surface area contributed by atoms with Crippen LogP contribution in [0.25, 0.3) is 0 Å². The van der Waals surface area contributed by atoms with Crippen molar-refractivity contribution >= 4 is 15.9 Å². The zero-order chi connectivity index (χ0) is 9.10. The first-order chi connectivity index (χ1) is 6.36. The number of hydrogen-bond donors (Lipinski definition) is 0. The van der Waals surface area contributed by atoms with Crippen LogP contribution in [0, 0.1) is 0 Å². The summed E-state index contributed by atoms with van der Waals surface area (Å²) in [6.07, 6.45) is 4.33. The molecule has 1 aromatic rings. The highest BCUT2D eigenvalue weighted by atomic mass is 79.9. The number of hydrogen-bond acceptors (Lipinski definition) is 2. The maximum Gasteiger partial charge on any atom is 0.106 e. The first kappa shape index (κ1) is 9.16. The molecule has 1 aliphatic rings. The lowest BCUT2D eigenvalue weighted by Gasteiger charge is -2.21. The Kier molecular flexibility index (Phi) is 2.96. The normalized spacial score (nSPS) is 23.0. The van der Waals surface area contributed by atoms with Crippen LogP contribution in [0.5, 0.6) is 0 Å². The van der Waals surface area contributed by atoms with Gasteiger partial charge in [0.1, 0.15) is 4.60 Å². The number of pyridine rings is 1. The van der Waals surface area contributed by atoms with E-state index in [0.29, 0.717) is 5.92 Å². The van der Waals surface area contributed by atoms with E-state index in [9.17, 15) is 0 Å². The summed E-state index contributed by atoms with van der Waals surface area (Å²) in [4.78, 5) is 4.22. The Hall–Kier alpha value is -0.410. The molecule has 0 aromatic carbocycles. The van der Waals surface area contributed by atoms with E-state index >= 15 is 0 Å². The van der Waals surface area contributed by atoms with Crippen LogP contribution in [-0.4, -0.2) is 18.2 Å². The minimum absolute atomic E-state index is 0.550. The third kappa shape index (κ3) is 2.29. The summed E-state index contributed by atoms with van der Waals surface area (Å²) >= 11 is 3.33. The van der Waals surface area contributed by atoms with Crippen LogP contribution in [0.4, 0.5) is 0 Å². The summed E-state index contributed by atoms with van der Waals surface area (Å²) < 4.78 is 6.32. The summed E-state index contributed by atoms with van der Waals surface area (Å²) in [6.45, 7) is 1.77. The van der Waals surface area contributed by atoms with Crippen molar-refractivity contribution < 1.29 is 4.74 Å². The molecule has 70 valence electrons. The zero-order valence-electron chi connectivity index (χ0n) is 7.37. The predicted octanol–water partition coefficient (Wildman–Crippen LogP) is 2.74. The van der Waals surface area contributed by atoms with Crippen molar-refractivity contribution in [2.24, 2.45) is 0 Å². The largest absolute Gasteiger partial charge is 0.381 e. The van der Waals surface area contributed by atoms with Gasteiger partial charge in [0.15, 0.2) is 0 Å². The molecule has 1 saturated heterocycles. The third-order valence-corrected chi connectivity index (χ3v) is 2.85. The molecule has 2 nitrogen and oxygen atoms in total. The zero-order valence-corrected chi connectivity index (χ0v) is 8.96. The van der Waals surface area contributed by atoms with Crippen molar-refractivity contribution in [2.75, 3.05) is 13.2 Å². The van der Waals surface area contributed by atoms with Crippen molar-refractivity contribution in [3.8, 4) is 0 Å². The molecule has 1 atom stereocenters. The highest BCUT2D eigenvalue weighted by Crippen LogP contribution is 2.25. The van der Waals surface area contributed by atoms with Crippen molar-refractivity contribution in [3.63, 3.8) is 0 Å². The van der Waals surface area contributed by atoms with Crippen LogP contribution in [0.15, 0.2) is 22.9 Å². The molecule has 1 fully saturated rings. The molecule has 0 aliphatic carbocycles. The Balaban J connectivity index is 2.10. The van der Waals surface area contributed by atoms with Gasteiger partial charge in [0, 0.05) is 18.7 Å². The van der Waals surface area contributed by atoms with Crippen LogP contribution in [0.3, 0.4) is 0 Å². The Morgan fingerprint density at radius 1 is 1.46 bits per heavy atom. The van der Waals surface area contributed by atoms with E-state index in [-0.39, 0.29) is 0 Å². The van der Waals surface area contributed by atoms with Crippen LogP contribution in [0.2, 0.25) is 0 Å². The number of nitrogens with zero attached hydrogens (tertiary/aromatic N) is 1. The quantitative estimate of drug-likeness (QED) is 0.706. The van der Waals surface area contributed by atoms with Crippen molar-refractivity contribution in [3.05, 3.63) is 28.5 Å². The van der Waals surface area contributed by atoms with Gasteiger partial charge in [-0.25, -0.2) is 4.98 Å². The monoisotopic (exact) mass is 241 g/mol. The molecule has 0 bridgehead atoms. The molecule has 0 spiro atoms. The van der Waals surface area contributed by atoms with Crippen LogP contribution < -0.4 is 0 Å². The Labute approximate surface area is 86.5 Å². The van der Waals surface area contributed by atoms with E-state index in [2.05, 4.69) is 27.0 Å². The fraction of sp³-hybridized carbons (Fsp3) is 0.500. The molecule has 0 saturated carbocycles. The minimum Gasteiger partial charge on any atom is -0.381 e. The Morgan fingerprint density at radius 3 is 3.00 bits per heavy atom. The van der Waals surface area contributed by atoms with Crippen molar-refractivity contribution in [1.82, 2.24) is 4.98 Å². The highest BCUT2D eigenvalue weighted by molar-refractivity contribution is 9.10. The molecule has 1 unspecified atom stereocenters. The topological polar surface area (TPSA) is 22.1 Å². The summed E-state index contributed by atoms with van der Waals surface area (Å²) in [5.41, 5.74) is 1.29. The summed E-state index contributed by atoms with van der Waals surface area (Å²) in [5, 5.41) is 0. The molecule has 13 heavy (non-hydrogen) atoms. The molecule has 1 aliphatic heterocycles. The number of halogens is 1. The second kappa shape index (κ2) is 4.20. The summed E-state index contributed by atoms with van der Waals surface area (Å²) in [6, 6.07) is 4.11. The van der Waals surface area contributed by atoms with Gasteiger partial charge in [-0.2, -0.15) is 0 Å². The maximum atomic E-state index is 5.43. The van der Waals surface area contributed by atoms with Gasteiger partial charge >= 0.3 is 0 Å². The van der Waals surface area contributed by atoms with E-state index in [0.717, 1.165) is 17.8 Å². The first-order valence-electron chi connectivity index (χ1n) is 4.55. The molecule has 1 aromatic heterocycles. The Bertz CT molecular complexity index is 267. The predicted molar refractivity (Wildman–Crippen MR) is 54.7 cm³/mol. The standard InChI is InChI=1S/C10H12BrNO/c11-10-4-3-8(6-12-10)9-2-1-5-13-7-9/h3-4,6,9H,1-2,5,7H2. The molecule has 2 rings (SSSR count). The van der Waals surface area contributed by atoms with E-state index in [4.69, 9.17) is 4.74 Å². The molecule has 2 heterocycles. The van der Waals surface area contributed by atoms with Crippen LogP contribution >= 0.6 is 15.9 Å². The lowest BCUT2D eigenvalue weighted by atomic mass is 9.95. The summed E-state index contributed by atoms with van der Waals surface area (Å²) in [7, 11) is 0. The minimum atomic E-state index is 0.550. The van der Waals surface area contributed by atoms with Gasteiger partial charge in [-0.05, 0) is 40.4 Å². The van der Waals surface area contributed by atoms with Crippen molar-refractivity contribution in [2.45, 2.75) is 18.8 Å². The molecule has 3 heteroatoms. The van der Waals surface area contributed by atoms with Crippen LogP contribution in [-0.2, 0) is 4.74 Å². The summed E-state index contributed by atoms with van der Waals surface area (Å²) in [5.74, 6) is 0.550. The molecular weight excluding hydrogens is 230 g/mol. The average molecular weight is 242 g/mol. The average Bonchev–Trinajstić information content (AvgIpc) is 2.20. The lowest BCUT2D eigenvalue weighted by molar-refractivity contribution is 0.0803. The van der Waals surface area contributed by atoms with Gasteiger partial charge in [-0.15, -0.1) is 0 Å². The number of ether oxygens (including phenoxy) is 1. The van der Waals surface area contributed by atoms with E-state index in [1.165, 1.54) is 18.4 Å². The fourth-order valence-electron chi connectivity index (χ4n) is 1.63. The van der Waals surface area contributed by atoms with E-state index < -0.39 is 0 Å². The van der Waals surface area contributed by atoms with Gasteiger partial charge in [-0.1, -0.05) is 6.07 Å². The molecule has 0 amide bonds. The number of rotatable bonds is 1. The second-order valence-corrected chi connectivity index (χ2v) is 4.14.